The third-order valence-electron chi connectivity index (χ3n) is 4.62. The van der Waals surface area contributed by atoms with Gasteiger partial charge in [-0.1, -0.05) is 11.6 Å². The van der Waals surface area contributed by atoms with Crippen molar-refractivity contribution in [2.75, 3.05) is 25.5 Å². The van der Waals surface area contributed by atoms with Crippen LogP contribution in [-0.2, 0) is 0 Å². The van der Waals surface area contributed by atoms with E-state index in [1.54, 1.807) is 19.3 Å². The minimum Gasteiger partial charge on any atom is -0.351 e. The Morgan fingerprint density at radius 3 is 2.68 bits per heavy atom. The molecule has 10 heteroatoms. The SMILES string of the molecule is CNCCNC(=O)c1ccc(Nc2ncc(Cl)c(-c3cnc(C)n3C(C)C)n2)cc1F. The van der Waals surface area contributed by atoms with Gasteiger partial charge >= 0.3 is 0 Å². The number of anilines is 2. The van der Waals surface area contributed by atoms with Crippen LogP contribution in [0.5, 0.6) is 0 Å². The van der Waals surface area contributed by atoms with Crippen LogP contribution in [0.3, 0.4) is 0 Å². The molecule has 0 saturated heterocycles. The van der Waals surface area contributed by atoms with E-state index in [1.807, 2.05) is 25.3 Å². The fourth-order valence-corrected chi connectivity index (χ4v) is 3.38. The Hall–Kier alpha value is -3.04. The summed E-state index contributed by atoms with van der Waals surface area (Å²) in [6.07, 6.45) is 3.20. The quantitative estimate of drug-likeness (QED) is 0.457. The van der Waals surface area contributed by atoms with E-state index in [4.69, 9.17) is 11.6 Å². The second-order valence-electron chi connectivity index (χ2n) is 7.22. The molecule has 2 heterocycles. The van der Waals surface area contributed by atoms with E-state index in [-0.39, 0.29) is 17.6 Å². The molecule has 0 spiro atoms. The highest BCUT2D eigenvalue weighted by molar-refractivity contribution is 6.32. The summed E-state index contributed by atoms with van der Waals surface area (Å²) in [7, 11) is 1.77. The molecule has 2 aromatic heterocycles. The van der Waals surface area contributed by atoms with Crippen LogP contribution in [0.15, 0.2) is 30.6 Å². The Morgan fingerprint density at radius 2 is 2.00 bits per heavy atom. The molecule has 0 bridgehead atoms. The van der Waals surface area contributed by atoms with Crippen LogP contribution in [0.25, 0.3) is 11.4 Å². The molecular formula is C21H25ClFN7O. The van der Waals surface area contributed by atoms with E-state index in [9.17, 15) is 9.18 Å². The Kier molecular flexibility index (Phi) is 7.19. The topological polar surface area (TPSA) is 96.8 Å². The van der Waals surface area contributed by atoms with Crippen LogP contribution < -0.4 is 16.0 Å². The number of benzene rings is 1. The zero-order valence-corrected chi connectivity index (χ0v) is 18.6. The van der Waals surface area contributed by atoms with Gasteiger partial charge in [-0.3, -0.25) is 4.79 Å². The first-order valence-corrected chi connectivity index (χ1v) is 10.3. The first-order chi connectivity index (χ1) is 14.8. The normalized spacial score (nSPS) is 11.1. The monoisotopic (exact) mass is 445 g/mol. The van der Waals surface area contributed by atoms with E-state index in [0.29, 0.717) is 29.5 Å². The van der Waals surface area contributed by atoms with Crippen molar-refractivity contribution >= 4 is 29.1 Å². The van der Waals surface area contributed by atoms with Crippen LogP contribution in [0, 0.1) is 12.7 Å². The van der Waals surface area contributed by atoms with Gasteiger partial charge in [-0.05, 0) is 46.0 Å². The smallest absolute Gasteiger partial charge is 0.254 e. The van der Waals surface area contributed by atoms with Crippen molar-refractivity contribution < 1.29 is 9.18 Å². The molecule has 1 amide bonds. The molecule has 3 N–H and O–H groups in total. The zero-order valence-electron chi connectivity index (χ0n) is 17.8. The fourth-order valence-electron chi connectivity index (χ4n) is 3.19. The van der Waals surface area contributed by atoms with Crippen LogP contribution in [0.1, 0.15) is 36.1 Å². The van der Waals surface area contributed by atoms with Gasteiger partial charge in [0.05, 0.1) is 28.7 Å². The first kappa shape index (κ1) is 22.6. The molecule has 1 aromatic carbocycles. The van der Waals surface area contributed by atoms with Gasteiger partial charge < -0.3 is 20.5 Å². The van der Waals surface area contributed by atoms with E-state index in [0.717, 1.165) is 11.5 Å². The number of aryl methyl sites for hydroxylation is 1. The molecule has 0 aliphatic carbocycles. The molecule has 0 fully saturated rings. The number of aromatic nitrogens is 4. The lowest BCUT2D eigenvalue weighted by Gasteiger charge is -2.15. The van der Waals surface area contributed by atoms with Gasteiger partial charge in [0.25, 0.3) is 5.91 Å². The van der Waals surface area contributed by atoms with Crippen molar-refractivity contribution in [2.24, 2.45) is 0 Å². The van der Waals surface area contributed by atoms with Gasteiger partial charge in [0.1, 0.15) is 17.3 Å². The summed E-state index contributed by atoms with van der Waals surface area (Å²) in [5, 5.41) is 8.90. The number of carbonyl (C=O) groups excluding carboxylic acids is 1. The average Bonchev–Trinajstić information content (AvgIpc) is 3.11. The molecule has 0 aliphatic rings. The third-order valence-corrected chi connectivity index (χ3v) is 4.89. The van der Waals surface area contributed by atoms with Crippen molar-refractivity contribution in [3.8, 4) is 11.4 Å². The molecule has 3 rings (SSSR count). The lowest BCUT2D eigenvalue weighted by molar-refractivity contribution is 0.0950. The maximum Gasteiger partial charge on any atom is 0.254 e. The third kappa shape index (κ3) is 5.18. The summed E-state index contributed by atoms with van der Waals surface area (Å²) in [6.45, 7) is 7.01. The Bertz CT molecular complexity index is 1080. The maximum absolute atomic E-state index is 14.5. The van der Waals surface area contributed by atoms with Crippen LogP contribution >= 0.6 is 11.6 Å². The van der Waals surface area contributed by atoms with Crippen molar-refractivity contribution in [1.29, 1.82) is 0 Å². The van der Waals surface area contributed by atoms with Gasteiger partial charge in [0.15, 0.2) is 0 Å². The molecular weight excluding hydrogens is 421 g/mol. The number of halogens is 2. The van der Waals surface area contributed by atoms with Gasteiger partial charge in [-0.15, -0.1) is 0 Å². The maximum atomic E-state index is 14.5. The molecule has 0 unspecified atom stereocenters. The predicted molar refractivity (Wildman–Crippen MR) is 119 cm³/mol. The number of hydrogen-bond acceptors (Lipinski definition) is 6. The number of hydrogen-bond donors (Lipinski definition) is 3. The second kappa shape index (κ2) is 9.84. The summed E-state index contributed by atoms with van der Waals surface area (Å²) in [5.74, 6) is -0.0182. The highest BCUT2D eigenvalue weighted by Crippen LogP contribution is 2.30. The van der Waals surface area contributed by atoms with E-state index >= 15 is 0 Å². The Morgan fingerprint density at radius 1 is 1.23 bits per heavy atom. The second-order valence-corrected chi connectivity index (χ2v) is 7.63. The summed E-state index contributed by atoms with van der Waals surface area (Å²) in [6, 6.07) is 4.41. The fraction of sp³-hybridized carbons (Fsp3) is 0.333. The minimum absolute atomic E-state index is 0.0318. The van der Waals surface area contributed by atoms with E-state index < -0.39 is 11.7 Å². The molecule has 3 aromatic rings. The molecule has 0 atom stereocenters. The largest absolute Gasteiger partial charge is 0.351 e. The lowest BCUT2D eigenvalue weighted by atomic mass is 10.1. The highest BCUT2D eigenvalue weighted by Gasteiger charge is 2.17. The number of amides is 1. The molecule has 0 saturated carbocycles. The highest BCUT2D eigenvalue weighted by atomic mass is 35.5. The number of likely N-dealkylation sites (N-methyl/N-ethyl adjacent to an activating group) is 1. The van der Waals surface area contributed by atoms with Crippen molar-refractivity contribution in [1.82, 2.24) is 30.2 Å². The van der Waals surface area contributed by atoms with Crippen molar-refractivity contribution in [3.63, 3.8) is 0 Å². The standard InChI is InChI=1S/C21H25ClFN7O/c1-12(2)30-13(3)26-11-18(30)19-16(22)10-27-21(29-19)28-14-5-6-15(17(23)9-14)20(31)25-8-7-24-4/h5-6,9-12,24H,7-8H2,1-4H3,(H,25,31)(H,27,28,29). The van der Waals surface area contributed by atoms with Gasteiger partial charge in [0, 0.05) is 24.8 Å². The lowest BCUT2D eigenvalue weighted by Crippen LogP contribution is -2.30. The molecule has 164 valence electrons. The number of carbonyl (C=O) groups is 1. The number of nitrogens with zero attached hydrogens (tertiary/aromatic N) is 4. The number of imidazole rings is 1. The zero-order chi connectivity index (χ0) is 22.5. The summed E-state index contributed by atoms with van der Waals surface area (Å²) in [5.41, 5.74) is 1.67. The summed E-state index contributed by atoms with van der Waals surface area (Å²) < 4.78 is 16.5. The van der Waals surface area contributed by atoms with Crippen molar-refractivity contribution in [3.05, 3.63) is 52.8 Å². The predicted octanol–water partition coefficient (Wildman–Crippen LogP) is 3.71. The van der Waals surface area contributed by atoms with Gasteiger partial charge in [0.2, 0.25) is 5.95 Å². The van der Waals surface area contributed by atoms with Crippen LogP contribution in [0.4, 0.5) is 16.0 Å². The minimum atomic E-state index is -0.644. The van der Waals surface area contributed by atoms with Gasteiger partial charge in [-0.2, -0.15) is 0 Å². The molecule has 0 aliphatic heterocycles. The molecule has 8 nitrogen and oxygen atoms in total. The van der Waals surface area contributed by atoms with E-state index in [2.05, 4.69) is 30.9 Å². The summed E-state index contributed by atoms with van der Waals surface area (Å²) in [4.78, 5) is 25.1. The van der Waals surface area contributed by atoms with Crippen molar-refractivity contribution in [2.45, 2.75) is 26.8 Å². The summed E-state index contributed by atoms with van der Waals surface area (Å²) >= 11 is 6.35. The Balaban J connectivity index is 1.84. The van der Waals surface area contributed by atoms with Crippen LogP contribution in [0.2, 0.25) is 5.02 Å². The van der Waals surface area contributed by atoms with Gasteiger partial charge in [-0.25, -0.2) is 19.3 Å². The number of rotatable bonds is 8. The van der Waals surface area contributed by atoms with E-state index in [1.165, 1.54) is 18.3 Å². The first-order valence-electron chi connectivity index (χ1n) is 9.88. The average molecular weight is 446 g/mol. The number of nitrogens with one attached hydrogen (secondary N) is 3. The Labute approximate surface area is 185 Å². The van der Waals surface area contributed by atoms with Crippen LogP contribution in [-0.4, -0.2) is 45.6 Å². The molecule has 31 heavy (non-hydrogen) atoms. The molecule has 0 radical (unpaired) electrons.